The first-order chi connectivity index (χ1) is 5.54. The van der Waals surface area contributed by atoms with Crippen LogP contribution in [0.25, 0.3) is 0 Å². The highest BCUT2D eigenvalue weighted by Gasteiger charge is 2.55. The van der Waals surface area contributed by atoms with E-state index in [0.717, 1.165) is 13.1 Å². The lowest BCUT2D eigenvalue weighted by Crippen LogP contribution is -2.56. The summed E-state index contributed by atoms with van der Waals surface area (Å²) in [5, 5.41) is 0. The zero-order valence-electron chi connectivity index (χ0n) is 7.02. The van der Waals surface area contributed by atoms with Crippen molar-refractivity contribution in [2.24, 2.45) is 5.73 Å². The van der Waals surface area contributed by atoms with E-state index >= 15 is 0 Å². The lowest BCUT2D eigenvalue weighted by molar-refractivity contribution is -0.0715. The summed E-state index contributed by atoms with van der Waals surface area (Å²) < 4.78 is 26.8. The molecule has 2 aliphatic heterocycles. The molecular weight excluding hydrogens is 162 g/mol. The van der Waals surface area contributed by atoms with E-state index in [2.05, 4.69) is 0 Å². The molecule has 2 unspecified atom stereocenters. The van der Waals surface area contributed by atoms with Crippen LogP contribution in [0.5, 0.6) is 0 Å². The molecule has 2 atom stereocenters. The van der Waals surface area contributed by atoms with E-state index in [9.17, 15) is 8.78 Å². The average molecular weight is 176 g/mol. The Kier molecular flexibility index (Phi) is 1.67. The van der Waals surface area contributed by atoms with E-state index in [1.807, 2.05) is 4.90 Å². The van der Waals surface area contributed by atoms with Crippen LogP contribution >= 0.6 is 0 Å². The van der Waals surface area contributed by atoms with Gasteiger partial charge in [0.1, 0.15) is 0 Å². The average Bonchev–Trinajstić information content (AvgIpc) is 2.28. The molecule has 2 saturated heterocycles. The van der Waals surface area contributed by atoms with Crippen LogP contribution in [0, 0.1) is 0 Å². The minimum atomic E-state index is -2.65. The summed E-state index contributed by atoms with van der Waals surface area (Å²) in [6.07, 6.45) is 0.978. The van der Waals surface area contributed by atoms with E-state index in [-0.39, 0.29) is 6.42 Å². The molecule has 0 spiro atoms. The second-order valence-corrected chi connectivity index (χ2v) is 3.99. The van der Waals surface area contributed by atoms with Crippen molar-refractivity contribution in [1.29, 1.82) is 0 Å². The van der Waals surface area contributed by atoms with Crippen molar-refractivity contribution >= 4 is 0 Å². The molecule has 0 aromatic heterocycles. The molecule has 2 rings (SSSR count). The summed E-state index contributed by atoms with van der Waals surface area (Å²) >= 11 is 0. The van der Waals surface area contributed by atoms with Crippen LogP contribution in [-0.4, -0.2) is 36.0 Å². The van der Waals surface area contributed by atoms with Crippen molar-refractivity contribution in [3.63, 3.8) is 0 Å². The highest BCUT2D eigenvalue weighted by molar-refractivity contribution is 5.06. The third-order valence-electron chi connectivity index (χ3n) is 3.07. The predicted octanol–water partition coefficient (Wildman–Crippen LogP) is 0.819. The molecule has 70 valence electrons. The molecule has 0 aromatic rings. The molecule has 0 aromatic carbocycles. The van der Waals surface area contributed by atoms with Crippen LogP contribution in [0.2, 0.25) is 0 Å². The van der Waals surface area contributed by atoms with Gasteiger partial charge in [0.25, 0.3) is 5.92 Å². The van der Waals surface area contributed by atoms with E-state index in [1.54, 1.807) is 0 Å². The number of alkyl halides is 2. The zero-order valence-corrected chi connectivity index (χ0v) is 7.02. The molecular formula is C8H14F2N2. The molecule has 0 radical (unpaired) electrons. The Hall–Kier alpha value is -0.220. The number of halogens is 2. The third kappa shape index (κ3) is 1.05. The van der Waals surface area contributed by atoms with Gasteiger partial charge in [0.05, 0.1) is 5.54 Å². The number of hydrogen-bond donors (Lipinski definition) is 1. The third-order valence-corrected chi connectivity index (χ3v) is 3.07. The van der Waals surface area contributed by atoms with Crippen LogP contribution < -0.4 is 5.73 Å². The first kappa shape index (κ1) is 8.38. The molecule has 0 amide bonds. The van der Waals surface area contributed by atoms with Crippen molar-refractivity contribution in [2.75, 3.05) is 19.6 Å². The van der Waals surface area contributed by atoms with Crippen molar-refractivity contribution in [1.82, 2.24) is 4.90 Å². The van der Waals surface area contributed by atoms with Gasteiger partial charge in [-0.05, 0) is 19.4 Å². The minimum Gasteiger partial charge on any atom is -0.319 e. The minimum absolute atomic E-state index is 0.0417. The number of fused-ring (bicyclic) bond motifs is 2. The fraction of sp³-hybridized carbons (Fsp3) is 1.00. The summed E-state index contributed by atoms with van der Waals surface area (Å²) in [6.45, 7) is 1.90. The quantitative estimate of drug-likeness (QED) is 0.592. The maximum absolute atomic E-state index is 13.4. The molecule has 2 N–H and O–H groups in total. The lowest BCUT2D eigenvalue weighted by atomic mass is 9.89. The van der Waals surface area contributed by atoms with Gasteiger partial charge >= 0.3 is 0 Å². The van der Waals surface area contributed by atoms with Gasteiger partial charge in [0.15, 0.2) is 0 Å². The maximum Gasteiger partial charge on any atom is 0.267 e. The molecule has 0 saturated carbocycles. The highest BCUT2D eigenvalue weighted by atomic mass is 19.3. The standard InChI is InChI=1S/C8H14F2N2/c9-8(10)2-1-4-12-5-3-7(8,11)6-12/h1-6,11H2. The van der Waals surface area contributed by atoms with E-state index in [4.69, 9.17) is 5.73 Å². The van der Waals surface area contributed by atoms with Gasteiger partial charge in [-0.25, -0.2) is 8.78 Å². The number of rotatable bonds is 0. The Morgan fingerprint density at radius 3 is 2.67 bits per heavy atom. The Bertz CT molecular complexity index is 193. The summed E-state index contributed by atoms with van der Waals surface area (Å²) in [5.74, 6) is -2.65. The van der Waals surface area contributed by atoms with Gasteiger partial charge in [-0.15, -0.1) is 0 Å². The van der Waals surface area contributed by atoms with E-state index in [0.29, 0.717) is 19.4 Å². The van der Waals surface area contributed by atoms with E-state index < -0.39 is 11.5 Å². The smallest absolute Gasteiger partial charge is 0.267 e. The van der Waals surface area contributed by atoms with Crippen LogP contribution in [-0.2, 0) is 0 Å². The molecule has 2 aliphatic rings. The van der Waals surface area contributed by atoms with Gasteiger partial charge in [-0.1, -0.05) is 0 Å². The van der Waals surface area contributed by atoms with Crippen molar-refractivity contribution in [2.45, 2.75) is 30.7 Å². The Morgan fingerprint density at radius 2 is 1.92 bits per heavy atom. The number of nitrogens with zero attached hydrogens (tertiary/aromatic N) is 1. The highest BCUT2D eigenvalue weighted by Crippen LogP contribution is 2.40. The first-order valence-corrected chi connectivity index (χ1v) is 4.43. The van der Waals surface area contributed by atoms with Crippen LogP contribution in [0.15, 0.2) is 0 Å². The summed E-state index contributed by atoms with van der Waals surface area (Å²) in [6, 6.07) is 0. The molecule has 12 heavy (non-hydrogen) atoms. The SMILES string of the molecule is NC12CCN(CCCC1(F)F)C2. The van der Waals surface area contributed by atoms with Crippen LogP contribution in [0.3, 0.4) is 0 Å². The monoisotopic (exact) mass is 176 g/mol. The van der Waals surface area contributed by atoms with Gasteiger partial charge in [0, 0.05) is 19.5 Å². The lowest BCUT2D eigenvalue weighted by Gasteiger charge is -2.31. The normalized spacial score (nSPS) is 45.8. The molecule has 0 aliphatic carbocycles. The summed E-state index contributed by atoms with van der Waals surface area (Å²) in [7, 11) is 0. The predicted molar refractivity (Wildman–Crippen MR) is 42.2 cm³/mol. The summed E-state index contributed by atoms with van der Waals surface area (Å²) in [5.41, 5.74) is 4.45. The summed E-state index contributed by atoms with van der Waals surface area (Å²) in [4.78, 5) is 2.04. The Labute approximate surface area is 70.7 Å². The molecule has 2 heterocycles. The Balaban J connectivity index is 2.26. The molecule has 4 heteroatoms. The molecule has 2 nitrogen and oxygen atoms in total. The maximum atomic E-state index is 13.4. The van der Waals surface area contributed by atoms with Crippen LogP contribution in [0.4, 0.5) is 8.78 Å². The van der Waals surface area contributed by atoms with Gasteiger partial charge < -0.3 is 10.6 Å². The van der Waals surface area contributed by atoms with Gasteiger partial charge in [0.2, 0.25) is 0 Å². The number of nitrogens with two attached hydrogens (primary N) is 1. The largest absolute Gasteiger partial charge is 0.319 e. The first-order valence-electron chi connectivity index (χ1n) is 4.43. The van der Waals surface area contributed by atoms with Crippen molar-refractivity contribution in [3.8, 4) is 0 Å². The zero-order chi connectivity index (χ0) is 8.82. The molecule has 2 fully saturated rings. The van der Waals surface area contributed by atoms with Gasteiger partial charge in [-0.2, -0.15) is 0 Å². The van der Waals surface area contributed by atoms with E-state index in [1.165, 1.54) is 0 Å². The van der Waals surface area contributed by atoms with Crippen molar-refractivity contribution in [3.05, 3.63) is 0 Å². The number of hydrogen-bond acceptors (Lipinski definition) is 2. The topological polar surface area (TPSA) is 29.3 Å². The van der Waals surface area contributed by atoms with Crippen LogP contribution in [0.1, 0.15) is 19.3 Å². The fourth-order valence-corrected chi connectivity index (χ4v) is 2.18. The second-order valence-electron chi connectivity index (χ2n) is 3.99. The van der Waals surface area contributed by atoms with Gasteiger partial charge in [-0.3, -0.25) is 0 Å². The molecule has 2 bridgehead atoms. The Morgan fingerprint density at radius 1 is 1.17 bits per heavy atom. The second kappa shape index (κ2) is 2.39. The van der Waals surface area contributed by atoms with Crippen molar-refractivity contribution < 1.29 is 8.78 Å². The fourth-order valence-electron chi connectivity index (χ4n) is 2.18.